The van der Waals surface area contributed by atoms with Crippen LogP contribution in [0.1, 0.15) is 54.5 Å². The highest BCUT2D eigenvalue weighted by Gasteiger charge is 2.32. The van der Waals surface area contributed by atoms with E-state index in [1.807, 2.05) is 6.92 Å². The Morgan fingerprint density at radius 3 is 1.96 bits per heavy atom. The maximum absolute atomic E-state index is 11.8. The van der Waals surface area contributed by atoms with Gasteiger partial charge < -0.3 is 20.7 Å². The van der Waals surface area contributed by atoms with E-state index in [9.17, 15) is 19.7 Å². The van der Waals surface area contributed by atoms with Crippen LogP contribution in [0.4, 0.5) is 5.95 Å². The van der Waals surface area contributed by atoms with Gasteiger partial charge in [0.1, 0.15) is 24.0 Å². The van der Waals surface area contributed by atoms with Crippen molar-refractivity contribution in [3.05, 3.63) is 22.5 Å². The highest BCUT2D eigenvalue weighted by molar-refractivity contribution is 5.85. The molecule has 9 nitrogen and oxygen atoms in total. The van der Waals surface area contributed by atoms with E-state index in [1.165, 1.54) is 24.6 Å². The van der Waals surface area contributed by atoms with E-state index >= 15 is 0 Å². The van der Waals surface area contributed by atoms with Gasteiger partial charge in [0.15, 0.2) is 0 Å². The molecule has 0 saturated carbocycles. The van der Waals surface area contributed by atoms with Crippen molar-refractivity contribution in [1.82, 2.24) is 20.2 Å². The first kappa shape index (κ1) is 22.9. The number of Topliss-reactive ketones (excluding diaryl/α,β-unsaturated/α-hetero) is 2. The lowest BCUT2D eigenvalue weighted by atomic mass is 9.94. The van der Waals surface area contributed by atoms with Crippen molar-refractivity contribution in [1.29, 1.82) is 0 Å². The third-order valence-corrected chi connectivity index (χ3v) is 5.31. The van der Waals surface area contributed by atoms with Crippen molar-refractivity contribution in [2.45, 2.75) is 65.6 Å². The van der Waals surface area contributed by atoms with Crippen LogP contribution in [0, 0.1) is 16.0 Å². The number of aromatic nitrogens is 2. The molecule has 1 rings (SSSR count). The lowest BCUT2D eigenvalue weighted by molar-refractivity contribution is -0.397. The molecule has 0 bridgehead atoms. The number of hydrogen-bond acceptors (Lipinski definition) is 7. The van der Waals surface area contributed by atoms with Gasteiger partial charge in [0.25, 0.3) is 0 Å². The summed E-state index contributed by atoms with van der Waals surface area (Å²) >= 11 is 0. The summed E-state index contributed by atoms with van der Waals surface area (Å²) in [5.74, 6) is -0.363. The molecule has 1 atom stereocenters. The van der Waals surface area contributed by atoms with E-state index in [-0.39, 0.29) is 29.5 Å². The molecule has 1 heterocycles. The van der Waals surface area contributed by atoms with Crippen molar-refractivity contribution in [2.75, 3.05) is 13.1 Å². The van der Waals surface area contributed by atoms with Gasteiger partial charge in [-0.25, -0.2) is 4.57 Å². The summed E-state index contributed by atoms with van der Waals surface area (Å²) in [7, 11) is 0. The largest absolute Gasteiger partial charge is 0.434 e. The van der Waals surface area contributed by atoms with Gasteiger partial charge in [0.2, 0.25) is 0 Å². The first-order valence-corrected chi connectivity index (χ1v) is 8.99. The summed E-state index contributed by atoms with van der Waals surface area (Å²) in [6, 6.07) is -0.279. The highest BCUT2D eigenvalue weighted by atomic mass is 16.6. The number of rotatable bonds is 11. The Kier molecular flexibility index (Phi) is 7.39. The van der Waals surface area contributed by atoms with Gasteiger partial charge in [-0.15, -0.1) is 0 Å². The maximum atomic E-state index is 11.8. The van der Waals surface area contributed by atoms with Gasteiger partial charge in [0.05, 0.1) is 17.1 Å². The predicted octanol–water partition coefficient (Wildman–Crippen LogP) is 1.88. The van der Waals surface area contributed by atoms with Crippen molar-refractivity contribution in [3.8, 4) is 0 Å². The molecule has 0 aromatic carbocycles. The fraction of sp³-hybridized carbons (Fsp3) is 0.722. The lowest BCUT2D eigenvalue weighted by Gasteiger charge is -2.32. The number of carbonyl (C=O) groups is 2. The van der Waals surface area contributed by atoms with Gasteiger partial charge in [-0.3, -0.25) is 9.59 Å². The topological polar surface area (TPSA) is 119 Å². The molecule has 0 spiro atoms. The normalized spacial score (nSPS) is 13.6. The van der Waals surface area contributed by atoms with Crippen molar-refractivity contribution in [2.24, 2.45) is 5.92 Å². The molecule has 1 unspecified atom stereocenters. The minimum absolute atomic E-state index is 0.000426. The first-order chi connectivity index (χ1) is 12.3. The van der Waals surface area contributed by atoms with Gasteiger partial charge in [-0.2, -0.15) is 0 Å². The van der Waals surface area contributed by atoms with Crippen LogP contribution in [-0.4, -0.2) is 50.2 Å². The molecule has 1 aromatic heterocycles. The molecule has 0 fully saturated rings. The lowest BCUT2D eigenvalue weighted by Crippen LogP contribution is -2.52. The maximum Gasteiger partial charge on any atom is 0.434 e. The smallest absolute Gasteiger partial charge is 0.390 e. The molecule has 0 saturated heterocycles. The Bertz CT molecular complexity index is 666. The number of ketones is 2. The summed E-state index contributed by atoms with van der Waals surface area (Å²) in [6.45, 7) is 12.9. The average Bonchev–Trinajstić information content (AvgIpc) is 3.03. The fourth-order valence-electron chi connectivity index (χ4n) is 2.43. The van der Waals surface area contributed by atoms with Crippen molar-refractivity contribution < 1.29 is 14.5 Å². The van der Waals surface area contributed by atoms with Gasteiger partial charge in [-0.05, 0) is 53.4 Å². The SMILES string of the molecule is CC(=O)C(C)(C)NCC(CNC(C)(C)C(C)=O)C(C)n1ccnc1[N+](=O)[O-]. The quantitative estimate of drug-likeness (QED) is 0.444. The van der Waals surface area contributed by atoms with E-state index < -0.39 is 16.0 Å². The van der Waals surface area contributed by atoms with Crippen molar-refractivity contribution in [3.63, 3.8) is 0 Å². The number of hydrogen-bond donors (Lipinski definition) is 2. The minimum Gasteiger partial charge on any atom is -0.390 e. The summed E-state index contributed by atoms with van der Waals surface area (Å²) in [5, 5.41) is 17.7. The number of nitrogens with one attached hydrogen (secondary N) is 2. The predicted molar refractivity (Wildman–Crippen MR) is 103 cm³/mol. The zero-order valence-electron chi connectivity index (χ0n) is 17.2. The number of nitrogens with zero attached hydrogens (tertiary/aromatic N) is 3. The van der Waals surface area contributed by atoms with Gasteiger partial charge in [0, 0.05) is 19.0 Å². The van der Waals surface area contributed by atoms with Crippen LogP contribution in [0.3, 0.4) is 0 Å². The molecule has 1 aromatic rings. The number of nitro groups is 1. The third kappa shape index (κ3) is 5.93. The second-order valence-electron chi connectivity index (χ2n) is 8.02. The molecule has 0 amide bonds. The van der Waals surface area contributed by atoms with Crippen LogP contribution < -0.4 is 10.6 Å². The Hall–Kier alpha value is -2.13. The highest BCUT2D eigenvalue weighted by Crippen LogP contribution is 2.24. The summed E-state index contributed by atoms with van der Waals surface area (Å²) in [6.07, 6.45) is 2.97. The van der Waals surface area contributed by atoms with E-state index in [1.54, 1.807) is 33.9 Å². The average molecular weight is 381 g/mol. The Labute approximate surface area is 160 Å². The Morgan fingerprint density at radius 1 is 1.15 bits per heavy atom. The second-order valence-corrected chi connectivity index (χ2v) is 8.02. The van der Waals surface area contributed by atoms with Crippen LogP contribution >= 0.6 is 0 Å². The third-order valence-electron chi connectivity index (χ3n) is 5.31. The number of carbonyl (C=O) groups excluding carboxylic acids is 2. The monoisotopic (exact) mass is 381 g/mol. The molecular weight excluding hydrogens is 350 g/mol. The van der Waals surface area contributed by atoms with Crippen LogP contribution in [-0.2, 0) is 9.59 Å². The van der Waals surface area contributed by atoms with Crippen LogP contribution in [0.5, 0.6) is 0 Å². The molecule has 0 aliphatic rings. The standard InChI is InChI=1S/C18H31N5O4/c1-12(22-9-8-19-16(22)23(26)27)15(10-20-17(4,5)13(2)24)11-21-18(6,7)14(3)25/h8-9,12,15,20-21H,10-11H2,1-7H3. The van der Waals surface area contributed by atoms with Crippen LogP contribution in [0.25, 0.3) is 0 Å². The summed E-state index contributed by atoms with van der Waals surface area (Å²) in [4.78, 5) is 38.1. The molecular formula is C18H31N5O4. The minimum atomic E-state index is -0.713. The van der Waals surface area contributed by atoms with Crippen molar-refractivity contribution >= 4 is 17.5 Å². The number of imidazole rings is 1. The van der Waals surface area contributed by atoms with Crippen LogP contribution in [0.2, 0.25) is 0 Å². The summed E-state index contributed by atoms with van der Waals surface area (Å²) in [5.41, 5.74) is -1.43. The molecule has 0 aliphatic carbocycles. The zero-order chi connectivity index (χ0) is 21.0. The van der Waals surface area contributed by atoms with E-state index in [0.717, 1.165) is 0 Å². The molecule has 2 N–H and O–H groups in total. The van der Waals surface area contributed by atoms with E-state index in [2.05, 4.69) is 15.6 Å². The first-order valence-electron chi connectivity index (χ1n) is 8.99. The Morgan fingerprint density at radius 2 is 1.59 bits per heavy atom. The second kappa shape index (κ2) is 8.71. The Balaban J connectivity index is 3.05. The van der Waals surface area contributed by atoms with Gasteiger partial charge in [-0.1, -0.05) is 4.98 Å². The zero-order valence-corrected chi connectivity index (χ0v) is 17.2. The van der Waals surface area contributed by atoms with E-state index in [4.69, 9.17) is 0 Å². The molecule has 152 valence electrons. The molecule has 0 aliphatic heterocycles. The molecule has 0 radical (unpaired) electrons. The summed E-state index contributed by atoms with van der Waals surface area (Å²) < 4.78 is 1.51. The van der Waals surface area contributed by atoms with E-state index in [0.29, 0.717) is 13.1 Å². The molecule has 27 heavy (non-hydrogen) atoms. The van der Waals surface area contributed by atoms with Crippen LogP contribution in [0.15, 0.2) is 12.4 Å². The van der Waals surface area contributed by atoms with Gasteiger partial charge >= 0.3 is 5.95 Å². The molecule has 9 heteroatoms. The fourth-order valence-corrected chi connectivity index (χ4v) is 2.43.